The molecule has 6 rings (SSSR count). The number of halogens is 1. The number of fused-ring (bicyclic) bond motifs is 1. The zero-order valence-electron chi connectivity index (χ0n) is 42.8. The number of amides is 5. The van der Waals surface area contributed by atoms with Gasteiger partial charge in [0.2, 0.25) is 12.3 Å². The first-order valence-corrected chi connectivity index (χ1v) is 25.9. The lowest BCUT2D eigenvalue weighted by Crippen LogP contribution is -2.41. The minimum Gasteiger partial charge on any atom is -0.491 e. The Labute approximate surface area is 447 Å². The number of nitrogens with one attached hydrogen (secondary N) is 4. The van der Waals surface area contributed by atoms with Gasteiger partial charge in [-0.05, 0) is 105 Å². The van der Waals surface area contributed by atoms with Crippen LogP contribution in [0.4, 0.5) is 41.6 Å². The number of benzene rings is 3. The summed E-state index contributed by atoms with van der Waals surface area (Å²) >= 11 is 2.71. The number of hydrogen-bond donors (Lipinski definition) is 7. The molecule has 8 N–H and O–H groups in total. The Kier molecular flexibility index (Phi) is 20.8. The van der Waals surface area contributed by atoms with Gasteiger partial charge >= 0.3 is 18.1 Å². The summed E-state index contributed by atoms with van der Waals surface area (Å²) in [7, 11) is 7.54. The highest BCUT2D eigenvalue weighted by molar-refractivity contribution is 7.22. The number of quaternary nitrogens is 1. The van der Waals surface area contributed by atoms with E-state index in [-0.39, 0.29) is 50.6 Å². The Bertz CT molecular complexity index is 3000. The third-order valence-corrected chi connectivity index (χ3v) is 13.4. The van der Waals surface area contributed by atoms with Crippen LogP contribution in [0.25, 0.3) is 10.2 Å². The van der Waals surface area contributed by atoms with Gasteiger partial charge in [0.15, 0.2) is 39.2 Å². The molecule has 0 radical (unpaired) electrons. The zero-order valence-corrected chi connectivity index (χ0v) is 44.4. The fraction of sp³-hybridized carbons (Fsp3) is 0.365. The highest BCUT2D eigenvalue weighted by Gasteiger charge is 2.25. The summed E-state index contributed by atoms with van der Waals surface area (Å²) in [5, 5.41) is 42.0. The molecule has 24 heteroatoms. The van der Waals surface area contributed by atoms with Gasteiger partial charge in [-0.25, -0.2) is 28.7 Å². The number of aliphatic hydroxyl groups excluding tert-OH is 1. The number of carbonyl (C=O) groups is 5. The number of carbonyl (C=O) groups excluding carboxylic acids is 4. The number of hydrogen-bond acceptors (Lipinski definition) is 16. The van der Waals surface area contributed by atoms with E-state index in [0.29, 0.717) is 93.3 Å². The number of likely N-dealkylation sites (N-methyl/N-ethyl adjacent to an activating group) is 1. The van der Waals surface area contributed by atoms with Crippen LogP contribution < -0.4 is 36.6 Å². The van der Waals surface area contributed by atoms with Crippen LogP contribution in [0.2, 0.25) is 0 Å². The molecule has 3 aromatic carbocycles. The van der Waals surface area contributed by atoms with Crippen molar-refractivity contribution in [3.05, 3.63) is 106 Å². The lowest BCUT2D eigenvalue weighted by molar-refractivity contribution is -0.873. The third-order valence-electron chi connectivity index (χ3n) is 11.3. The molecule has 76 heavy (non-hydrogen) atoms. The maximum absolute atomic E-state index is 15.2. The van der Waals surface area contributed by atoms with Gasteiger partial charge in [0.1, 0.15) is 25.3 Å². The smallest absolute Gasteiger partial charge is 0.410 e. The quantitative estimate of drug-likeness (QED) is 0.0125. The van der Waals surface area contributed by atoms with Gasteiger partial charge in [0.05, 0.1) is 44.5 Å². The number of thiazole rings is 2. The largest absolute Gasteiger partial charge is 0.491 e. The van der Waals surface area contributed by atoms with E-state index in [1.165, 1.54) is 46.8 Å². The van der Waals surface area contributed by atoms with Gasteiger partial charge in [-0.2, -0.15) is 0 Å². The van der Waals surface area contributed by atoms with Gasteiger partial charge in [-0.1, -0.05) is 47.4 Å². The number of nitrogens with two attached hydrogens (primary N) is 1. The summed E-state index contributed by atoms with van der Waals surface area (Å²) in [5.74, 6) is 4.35. The molecule has 0 bridgehead atoms. The first-order chi connectivity index (χ1) is 36.3. The summed E-state index contributed by atoms with van der Waals surface area (Å²) < 4.78 is 28.0. The van der Waals surface area contributed by atoms with Crippen molar-refractivity contribution in [1.82, 2.24) is 35.7 Å². The predicted molar refractivity (Wildman–Crippen MR) is 289 cm³/mol. The summed E-state index contributed by atoms with van der Waals surface area (Å²) in [6, 6.07) is 19.0. The number of primary amides is 1. The Morgan fingerprint density at radius 2 is 1.75 bits per heavy atom. The molecule has 2 atom stereocenters. The molecule has 402 valence electrons. The summed E-state index contributed by atoms with van der Waals surface area (Å²) in [5.41, 5.74) is 8.03. The molecule has 3 heterocycles. The molecule has 2 unspecified atom stereocenters. The van der Waals surface area contributed by atoms with E-state index in [2.05, 4.69) is 53.3 Å². The highest BCUT2D eigenvalue weighted by atomic mass is 32.1. The number of urea groups is 1. The van der Waals surface area contributed by atoms with Gasteiger partial charge in [-0.3, -0.25) is 9.59 Å². The SMILES string of the molecule is Cc1cc(N(CCCC(O)C[N+](C)(C)C)c2nc(C(=O)O)c(CCCOc3ccc(C#CCN(C)C(=O)OCc4ccc(NC(=O)C(CCCNC(N)=O)NC=O)cc4)cc3F)s2)nnc1Nc1nc2ccccc2s1. The minimum atomic E-state index is -1.19. The topological polar surface area (TPSA) is 276 Å². The molecular formula is C52H62FN12O9S2+. The number of aryl methyl sites for hydroxylation is 2. The van der Waals surface area contributed by atoms with Crippen LogP contribution in [0.3, 0.4) is 0 Å². The number of aliphatic hydroxyl groups is 1. The number of nitrogens with zero attached hydrogens (tertiary/aromatic N) is 7. The van der Waals surface area contributed by atoms with Crippen LogP contribution in [0.5, 0.6) is 5.75 Å². The van der Waals surface area contributed by atoms with E-state index in [1.54, 1.807) is 30.3 Å². The molecule has 0 aliphatic carbocycles. The van der Waals surface area contributed by atoms with Crippen LogP contribution in [0.15, 0.2) is 72.8 Å². The molecule has 21 nitrogen and oxygen atoms in total. The summed E-state index contributed by atoms with van der Waals surface area (Å²) in [6.07, 6.45) is 1.58. The van der Waals surface area contributed by atoms with Crippen molar-refractivity contribution >= 4 is 90.9 Å². The lowest BCUT2D eigenvalue weighted by Gasteiger charge is -2.27. The summed E-state index contributed by atoms with van der Waals surface area (Å²) in [4.78, 5) is 72.6. The molecule has 0 spiro atoms. The monoisotopic (exact) mass is 1080 g/mol. The number of carboxylic acid groups (broad SMARTS) is 1. The van der Waals surface area contributed by atoms with Crippen LogP contribution in [-0.4, -0.2) is 143 Å². The predicted octanol–water partition coefficient (Wildman–Crippen LogP) is 6.55. The number of carboxylic acids is 1. The fourth-order valence-electron chi connectivity index (χ4n) is 7.56. The van der Waals surface area contributed by atoms with E-state index in [9.17, 15) is 34.2 Å². The van der Waals surface area contributed by atoms with E-state index < -0.39 is 42.0 Å². The van der Waals surface area contributed by atoms with Crippen molar-refractivity contribution in [1.29, 1.82) is 0 Å². The second-order valence-electron chi connectivity index (χ2n) is 18.6. The lowest BCUT2D eigenvalue weighted by atomic mass is 10.1. The van der Waals surface area contributed by atoms with Gasteiger partial charge in [0.25, 0.3) is 0 Å². The molecule has 5 amide bonds. The molecule has 3 aromatic heterocycles. The number of aromatic carboxylic acids is 1. The van der Waals surface area contributed by atoms with Crippen molar-refractivity contribution in [2.24, 2.45) is 5.73 Å². The Hall–Kier alpha value is -7.98. The van der Waals surface area contributed by atoms with E-state index in [0.717, 1.165) is 15.8 Å². The van der Waals surface area contributed by atoms with Crippen LogP contribution in [0.1, 0.15) is 64.2 Å². The summed E-state index contributed by atoms with van der Waals surface area (Å²) in [6.45, 7) is 3.07. The molecule has 0 saturated heterocycles. The molecule has 6 aromatic rings. The second kappa shape index (κ2) is 27.5. The Morgan fingerprint density at radius 3 is 2.45 bits per heavy atom. The number of ether oxygens (including phenoxy) is 2. The first-order valence-electron chi connectivity index (χ1n) is 24.2. The third kappa shape index (κ3) is 17.6. The molecule has 0 saturated carbocycles. The van der Waals surface area contributed by atoms with Crippen molar-refractivity contribution in [3.63, 3.8) is 0 Å². The van der Waals surface area contributed by atoms with Crippen molar-refractivity contribution in [3.8, 4) is 17.6 Å². The zero-order chi connectivity index (χ0) is 54.8. The van der Waals surface area contributed by atoms with E-state index in [4.69, 9.17) is 15.2 Å². The average Bonchev–Trinajstić information content (AvgIpc) is 4.00. The molecular weight excluding hydrogens is 1020 g/mol. The average molecular weight is 1080 g/mol. The number of anilines is 5. The van der Waals surface area contributed by atoms with E-state index >= 15 is 4.39 Å². The molecule has 0 aliphatic rings. The van der Waals surface area contributed by atoms with Crippen molar-refractivity contribution in [2.75, 3.05) is 76.5 Å². The highest BCUT2D eigenvalue weighted by Crippen LogP contribution is 2.35. The Morgan fingerprint density at radius 1 is 0.974 bits per heavy atom. The maximum Gasteiger partial charge on any atom is 0.410 e. The maximum atomic E-state index is 15.2. The second-order valence-corrected chi connectivity index (χ2v) is 20.7. The Balaban J connectivity index is 0.997. The van der Waals surface area contributed by atoms with Crippen LogP contribution >= 0.6 is 22.7 Å². The number of rotatable bonds is 27. The number of aromatic nitrogens is 4. The van der Waals surface area contributed by atoms with E-state index in [1.807, 2.05) is 63.3 Å². The molecule has 0 fully saturated rings. The molecule has 0 aliphatic heterocycles. The van der Waals surface area contributed by atoms with Crippen molar-refractivity contribution < 1.29 is 52.5 Å². The fourth-order valence-corrected chi connectivity index (χ4v) is 9.55. The van der Waals surface area contributed by atoms with Crippen molar-refractivity contribution in [2.45, 2.75) is 64.2 Å². The van der Waals surface area contributed by atoms with Crippen LogP contribution in [-0.2, 0) is 27.4 Å². The van der Waals surface area contributed by atoms with Gasteiger partial charge in [0, 0.05) is 36.3 Å². The minimum absolute atomic E-state index is 0.00988. The van der Waals surface area contributed by atoms with Gasteiger partial charge < -0.3 is 61.0 Å². The standard InChI is InChI=1S/C52H61FN12O9S2/c1-33-28-44(61-62-46(33)60-50-58-39-14-6-7-16-42(39)75-50)64(26-10-13-37(67)30-65(3,4)5)51-59-45(48(69)70)43(76-51)17-11-27-73-41-23-20-34(29-38(41)53)12-9-25-63(2)52(72)74-31-35-18-21-36(22-19-35)57-47(68)40(56-32-66)15-8-24-55-49(54)71/h6-7,14,16,18-23,28-29,32,37,40,67H,8,10-11,13,15,17,24-27,30-31H2,1-5H3,(H6-,54,55,56,57,58,60,62,66,68,69,70,71)/p+1. The number of para-hydroxylation sites is 1. The van der Waals surface area contributed by atoms with Crippen LogP contribution in [0, 0.1) is 24.6 Å². The van der Waals surface area contributed by atoms with Gasteiger partial charge in [-0.15, -0.1) is 21.5 Å². The first kappa shape index (κ1) is 57.3. The normalized spacial score (nSPS) is 11.9.